The van der Waals surface area contributed by atoms with Crippen LogP contribution in [0, 0.1) is 6.92 Å². The highest BCUT2D eigenvalue weighted by Gasteiger charge is 2.34. The van der Waals surface area contributed by atoms with Gasteiger partial charge in [0.05, 0.1) is 23.9 Å². The lowest BCUT2D eigenvalue weighted by atomic mass is 10.1. The van der Waals surface area contributed by atoms with E-state index in [2.05, 4.69) is 5.43 Å². The molecule has 2 amide bonds. The van der Waals surface area contributed by atoms with Crippen LogP contribution >= 0.6 is 23.2 Å². The summed E-state index contributed by atoms with van der Waals surface area (Å²) in [4.78, 5) is 25.5. The molecule has 0 unspecified atom stereocenters. The first-order valence-electron chi connectivity index (χ1n) is 10.7. The summed E-state index contributed by atoms with van der Waals surface area (Å²) in [6.45, 7) is 2.79. The number of aryl methyl sites for hydroxylation is 1. The van der Waals surface area contributed by atoms with Crippen molar-refractivity contribution in [3.05, 3.63) is 93.5 Å². The summed E-state index contributed by atoms with van der Waals surface area (Å²) in [5.74, 6) is 0.120. The quantitative estimate of drug-likeness (QED) is 0.250. The first kappa shape index (κ1) is 23.7. The number of nitrogens with zero attached hydrogens (tertiary/aromatic N) is 1. The summed E-state index contributed by atoms with van der Waals surface area (Å²) < 4.78 is 11.6. The topological polar surface area (TPSA) is 67.9 Å². The van der Waals surface area contributed by atoms with Crippen LogP contribution in [-0.2, 0) is 9.59 Å². The number of halogens is 2. The molecule has 0 aromatic heterocycles. The van der Waals surface area contributed by atoms with E-state index in [1.54, 1.807) is 36.4 Å². The minimum absolute atomic E-state index is 0.0465. The Bertz CT molecular complexity index is 1230. The number of anilines is 1. The van der Waals surface area contributed by atoms with Crippen LogP contribution in [0.25, 0.3) is 6.08 Å². The Morgan fingerprint density at radius 3 is 2.38 bits per heavy atom. The molecule has 1 aliphatic rings. The van der Waals surface area contributed by atoms with Crippen LogP contribution in [0.3, 0.4) is 0 Å². The minimum Gasteiger partial charge on any atom is -0.493 e. The number of para-hydroxylation sites is 1. The van der Waals surface area contributed by atoms with Crippen LogP contribution in [0.15, 0.2) is 72.3 Å². The number of rotatable bonds is 8. The van der Waals surface area contributed by atoms with Crippen molar-refractivity contribution >= 4 is 46.8 Å². The Morgan fingerprint density at radius 2 is 1.65 bits per heavy atom. The number of carbonyl (C=O) groups excluding carboxylic acids is 2. The molecule has 174 valence electrons. The second-order valence-corrected chi connectivity index (χ2v) is 8.49. The molecule has 0 spiro atoms. The summed E-state index contributed by atoms with van der Waals surface area (Å²) in [6, 6.07) is 19.8. The monoisotopic (exact) mass is 496 g/mol. The van der Waals surface area contributed by atoms with Gasteiger partial charge in [-0.25, -0.2) is 5.01 Å². The second kappa shape index (κ2) is 10.6. The summed E-state index contributed by atoms with van der Waals surface area (Å²) in [5, 5.41) is 1.84. The number of amides is 2. The Balaban J connectivity index is 1.47. The number of hydrazine groups is 1. The van der Waals surface area contributed by atoms with Crippen molar-refractivity contribution < 1.29 is 19.1 Å². The Kier molecular flexibility index (Phi) is 7.40. The Hall–Kier alpha value is -3.48. The highest BCUT2D eigenvalue weighted by Crippen LogP contribution is 2.35. The predicted octanol–water partition coefficient (Wildman–Crippen LogP) is 5.61. The SMILES string of the molecule is Cc1ccc(OCCCOc2c(Cl)cc(Cl)cc2C=C2C(=O)NN(c3ccccc3)C2=O)cc1. The molecule has 1 N–H and O–H groups in total. The van der Waals surface area contributed by atoms with E-state index in [4.69, 9.17) is 32.7 Å². The smallest absolute Gasteiger partial charge is 0.282 e. The third kappa shape index (κ3) is 5.53. The van der Waals surface area contributed by atoms with Crippen molar-refractivity contribution in [1.29, 1.82) is 0 Å². The second-order valence-electron chi connectivity index (χ2n) is 7.64. The van der Waals surface area contributed by atoms with Crippen LogP contribution in [-0.4, -0.2) is 25.0 Å². The fourth-order valence-electron chi connectivity index (χ4n) is 3.37. The van der Waals surface area contributed by atoms with E-state index < -0.39 is 11.8 Å². The van der Waals surface area contributed by atoms with Gasteiger partial charge in [-0.3, -0.25) is 15.0 Å². The van der Waals surface area contributed by atoms with Gasteiger partial charge in [0.2, 0.25) is 0 Å². The minimum atomic E-state index is -0.526. The third-order valence-electron chi connectivity index (χ3n) is 5.07. The van der Waals surface area contributed by atoms with Crippen molar-refractivity contribution in [3.8, 4) is 11.5 Å². The standard InChI is InChI=1S/C26H22Cl2N2O4/c1-17-8-10-21(11-9-17)33-12-5-13-34-24-18(14-19(27)16-23(24)28)15-22-25(31)29-30(26(22)32)20-6-3-2-4-7-20/h2-4,6-11,14-16H,5,12-13H2,1H3,(H,29,31). The summed E-state index contributed by atoms with van der Waals surface area (Å²) in [6.07, 6.45) is 2.04. The maximum Gasteiger partial charge on any atom is 0.282 e. The average Bonchev–Trinajstić information content (AvgIpc) is 3.10. The van der Waals surface area contributed by atoms with E-state index in [1.807, 2.05) is 37.3 Å². The molecule has 0 bridgehead atoms. The lowest BCUT2D eigenvalue weighted by molar-refractivity contribution is -0.117. The van der Waals surface area contributed by atoms with Gasteiger partial charge in [0.1, 0.15) is 17.1 Å². The lowest BCUT2D eigenvalue weighted by Crippen LogP contribution is -2.35. The molecule has 0 aliphatic carbocycles. The highest BCUT2D eigenvalue weighted by atomic mass is 35.5. The predicted molar refractivity (Wildman–Crippen MR) is 133 cm³/mol. The number of hydrogen-bond acceptors (Lipinski definition) is 4. The Morgan fingerprint density at radius 1 is 0.941 bits per heavy atom. The van der Waals surface area contributed by atoms with E-state index in [9.17, 15) is 9.59 Å². The zero-order valence-electron chi connectivity index (χ0n) is 18.4. The average molecular weight is 497 g/mol. The summed E-state index contributed by atoms with van der Waals surface area (Å²) >= 11 is 12.6. The van der Waals surface area contributed by atoms with Crippen LogP contribution in [0.4, 0.5) is 5.69 Å². The molecule has 6 nitrogen and oxygen atoms in total. The molecule has 3 aromatic carbocycles. The molecule has 34 heavy (non-hydrogen) atoms. The molecule has 1 aliphatic heterocycles. The first-order chi connectivity index (χ1) is 16.4. The number of hydrogen-bond donors (Lipinski definition) is 1. The molecule has 4 rings (SSSR count). The van der Waals surface area contributed by atoms with Gasteiger partial charge in [-0.2, -0.15) is 0 Å². The van der Waals surface area contributed by atoms with Gasteiger partial charge in [-0.1, -0.05) is 59.1 Å². The van der Waals surface area contributed by atoms with E-state index in [0.717, 1.165) is 11.3 Å². The molecule has 1 fully saturated rings. The fourth-order valence-corrected chi connectivity index (χ4v) is 3.93. The first-order valence-corrected chi connectivity index (χ1v) is 11.4. The van der Waals surface area contributed by atoms with Gasteiger partial charge in [0.15, 0.2) is 0 Å². The van der Waals surface area contributed by atoms with E-state index in [0.29, 0.717) is 41.7 Å². The third-order valence-corrected chi connectivity index (χ3v) is 5.57. The number of ether oxygens (including phenoxy) is 2. The number of carbonyl (C=O) groups is 2. The maximum atomic E-state index is 12.9. The van der Waals surface area contributed by atoms with E-state index in [1.165, 1.54) is 11.1 Å². The van der Waals surface area contributed by atoms with Crippen LogP contribution in [0.5, 0.6) is 11.5 Å². The largest absolute Gasteiger partial charge is 0.493 e. The van der Waals surface area contributed by atoms with Gasteiger partial charge in [0, 0.05) is 17.0 Å². The Labute approximate surface area is 207 Å². The van der Waals surface area contributed by atoms with Gasteiger partial charge in [-0.15, -0.1) is 0 Å². The molecule has 8 heteroatoms. The van der Waals surface area contributed by atoms with Crippen molar-refractivity contribution in [3.63, 3.8) is 0 Å². The summed E-state index contributed by atoms with van der Waals surface area (Å²) in [7, 11) is 0. The molecular weight excluding hydrogens is 475 g/mol. The number of nitrogens with one attached hydrogen (secondary N) is 1. The number of benzene rings is 3. The maximum absolute atomic E-state index is 12.9. The zero-order chi connectivity index (χ0) is 24.1. The van der Waals surface area contributed by atoms with Crippen LogP contribution in [0.1, 0.15) is 17.5 Å². The molecule has 0 atom stereocenters. The lowest BCUT2D eigenvalue weighted by Gasteiger charge is -2.14. The molecule has 0 radical (unpaired) electrons. The van der Waals surface area contributed by atoms with Crippen LogP contribution in [0.2, 0.25) is 10.0 Å². The van der Waals surface area contributed by atoms with Crippen LogP contribution < -0.4 is 19.9 Å². The molecule has 0 saturated carbocycles. The van der Waals surface area contributed by atoms with Gasteiger partial charge >= 0.3 is 0 Å². The zero-order valence-corrected chi connectivity index (χ0v) is 19.9. The normalized spacial score (nSPS) is 14.4. The van der Waals surface area contributed by atoms with Gasteiger partial charge in [0.25, 0.3) is 11.8 Å². The van der Waals surface area contributed by atoms with E-state index >= 15 is 0 Å². The van der Waals surface area contributed by atoms with Gasteiger partial charge in [-0.05, 0) is 49.4 Å². The highest BCUT2D eigenvalue weighted by molar-refractivity contribution is 6.36. The molecule has 1 saturated heterocycles. The molecule has 3 aromatic rings. The molecular formula is C26H22Cl2N2O4. The summed E-state index contributed by atoms with van der Waals surface area (Å²) in [5.41, 5.74) is 4.68. The van der Waals surface area contributed by atoms with E-state index in [-0.39, 0.29) is 10.6 Å². The van der Waals surface area contributed by atoms with Crippen molar-refractivity contribution in [2.45, 2.75) is 13.3 Å². The fraction of sp³-hybridized carbons (Fsp3) is 0.154. The van der Waals surface area contributed by atoms with Gasteiger partial charge < -0.3 is 9.47 Å². The van der Waals surface area contributed by atoms with Crippen molar-refractivity contribution in [2.24, 2.45) is 0 Å². The van der Waals surface area contributed by atoms with Crippen molar-refractivity contribution in [2.75, 3.05) is 18.2 Å². The molecule has 1 heterocycles. The van der Waals surface area contributed by atoms with Crippen molar-refractivity contribution in [1.82, 2.24) is 5.43 Å².